The average molecular weight is 277 g/mol. The van der Waals surface area contributed by atoms with Gasteiger partial charge in [0.25, 0.3) is 0 Å². The molecule has 0 saturated heterocycles. The highest BCUT2D eigenvalue weighted by atomic mass is 16.4. The lowest BCUT2D eigenvalue weighted by atomic mass is 10.0. The summed E-state index contributed by atoms with van der Waals surface area (Å²) in [5.74, 6) is -0.858. The molecule has 20 heavy (non-hydrogen) atoms. The summed E-state index contributed by atoms with van der Waals surface area (Å²) in [6.45, 7) is 0.346. The second-order valence-electron chi connectivity index (χ2n) is 5.05. The molecule has 1 aromatic carbocycles. The monoisotopic (exact) mass is 277 g/mol. The molecule has 1 aliphatic rings. The Morgan fingerprint density at radius 1 is 1.30 bits per heavy atom. The Balaban J connectivity index is 1.85. The maximum Gasteiger partial charge on any atom is 0.315 e. The third-order valence-electron chi connectivity index (χ3n) is 3.43. The molecule has 0 atom stereocenters. The van der Waals surface area contributed by atoms with Crippen LogP contribution in [0.4, 0.5) is 10.5 Å². The van der Waals surface area contributed by atoms with Crippen molar-refractivity contribution < 1.29 is 14.7 Å². The van der Waals surface area contributed by atoms with Crippen molar-refractivity contribution in [3.63, 3.8) is 0 Å². The number of rotatable bonds is 6. The molecule has 2 rings (SSSR count). The van der Waals surface area contributed by atoms with Crippen LogP contribution in [-0.2, 0) is 10.3 Å². The van der Waals surface area contributed by atoms with Crippen LogP contribution in [0.2, 0.25) is 0 Å². The summed E-state index contributed by atoms with van der Waals surface area (Å²) < 4.78 is 0. The van der Waals surface area contributed by atoms with Gasteiger partial charge in [-0.3, -0.25) is 4.79 Å². The highest BCUT2D eigenvalue weighted by Gasteiger charge is 2.46. The summed E-state index contributed by atoms with van der Waals surface area (Å²) in [6.07, 6.45) is 2.20. The van der Waals surface area contributed by atoms with Gasteiger partial charge < -0.3 is 21.5 Å². The number of carbonyl (C=O) groups excluding carboxylic acids is 1. The standard InChI is InChI=1S/C14H19N3O3/c15-11-5-2-1-4-10(11)14(7-8-14)17-13(20)16-9-3-6-12(18)19/h1-2,4-5H,3,6-9,15H2,(H,18,19)(H2,16,17,20). The maximum absolute atomic E-state index is 11.8. The minimum absolute atomic E-state index is 0.0526. The topological polar surface area (TPSA) is 104 Å². The highest BCUT2D eigenvalue weighted by Crippen LogP contribution is 2.47. The number of hydrogen-bond acceptors (Lipinski definition) is 3. The smallest absolute Gasteiger partial charge is 0.315 e. The Morgan fingerprint density at radius 2 is 2.00 bits per heavy atom. The fourth-order valence-corrected chi connectivity index (χ4v) is 2.22. The number of carboxylic acids is 1. The van der Waals surface area contributed by atoms with Crippen molar-refractivity contribution in [3.8, 4) is 0 Å². The first-order chi connectivity index (χ1) is 9.53. The Hall–Kier alpha value is -2.24. The van der Waals surface area contributed by atoms with E-state index in [4.69, 9.17) is 10.8 Å². The second-order valence-corrected chi connectivity index (χ2v) is 5.05. The molecule has 0 spiro atoms. The molecular weight excluding hydrogens is 258 g/mol. The van der Waals surface area contributed by atoms with Crippen molar-refractivity contribution in [1.29, 1.82) is 0 Å². The van der Waals surface area contributed by atoms with Crippen LogP contribution in [0.1, 0.15) is 31.2 Å². The molecular formula is C14H19N3O3. The summed E-state index contributed by atoms with van der Waals surface area (Å²) in [6, 6.07) is 7.23. The van der Waals surface area contributed by atoms with E-state index in [1.54, 1.807) is 0 Å². The second kappa shape index (κ2) is 5.81. The minimum atomic E-state index is -0.858. The number of carbonyl (C=O) groups is 2. The van der Waals surface area contributed by atoms with Gasteiger partial charge in [-0.1, -0.05) is 18.2 Å². The molecule has 1 aliphatic carbocycles. The fraction of sp³-hybridized carbons (Fsp3) is 0.429. The van der Waals surface area contributed by atoms with E-state index in [0.29, 0.717) is 18.7 Å². The number of nitrogens with two attached hydrogens (primary N) is 1. The van der Waals surface area contributed by atoms with Crippen molar-refractivity contribution in [2.45, 2.75) is 31.2 Å². The van der Waals surface area contributed by atoms with E-state index in [-0.39, 0.29) is 18.0 Å². The molecule has 1 saturated carbocycles. The lowest BCUT2D eigenvalue weighted by Gasteiger charge is -2.20. The van der Waals surface area contributed by atoms with E-state index in [2.05, 4.69) is 10.6 Å². The minimum Gasteiger partial charge on any atom is -0.481 e. The lowest BCUT2D eigenvalue weighted by Crippen LogP contribution is -2.42. The molecule has 0 aromatic heterocycles. The van der Waals surface area contributed by atoms with Gasteiger partial charge in [-0.2, -0.15) is 0 Å². The van der Waals surface area contributed by atoms with Crippen LogP contribution in [0.15, 0.2) is 24.3 Å². The predicted octanol–water partition coefficient (Wildman–Crippen LogP) is 1.42. The lowest BCUT2D eigenvalue weighted by molar-refractivity contribution is -0.137. The summed E-state index contributed by atoms with van der Waals surface area (Å²) in [7, 11) is 0. The Labute approximate surface area is 117 Å². The van der Waals surface area contributed by atoms with Crippen molar-refractivity contribution in [3.05, 3.63) is 29.8 Å². The number of benzene rings is 1. The predicted molar refractivity (Wildman–Crippen MR) is 75.2 cm³/mol. The van der Waals surface area contributed by atoms with Gasteiger partial charge in [-0.15, -0.1) is 0 Å². The van der Waals surface area contributed by atoms with Crippen LogP contribution in [0.5, 0.6) is 0 Å². The van der Waals surface area contributed by atoms with Crippen LogP contribution in [0.25, 0.3) is 0 Å². The van der Waals surface area contributed by atoms with Gasteiger partial charge in [0, 0.05) is 24.2 Å². The summed E-state index contributed by atoms with van der Waals surface area (Å²) in [4.78, 5) is 22.2. The zero-order chi connectivity index (χ0) is 14.6. The molecule has 2 amide bonds. The van der Waals surface area contributed by atoms with Crippen molar-refractivity contribution in [1.82, 2.24) is 10.6 Å². The first-order valence-electron chi connectivity index (χ1n) is 6.66. The number of para-hydroxylation sites is 1. The molecule has 6 heteroatoms. The molecule has 5 N–H and O–H groups in total. The molecule has 6 nitrogen and oxygen atoms in total. The first kappa shape index (κ1) is 14.2. The van der Waals surface area contributed by atoms with E-state index in [9.17, 15) is 9.59 Å². The van der Waals surface area contributed by atoms with Crippen molar-refractivity contribution in [2.24, 2.45) is 0 Å². The van der Waals surface area contributed by atoms with Crippen LogP contribution < -0.4 is 16.4 Å². The van der Waals surface area contributed by atoms with Crippen LogP contribution in [0, 0.1) is 0 Å². The SMILES string of the molecule is Nc1ccccc1C1(NC(=O)NCCCC(=O)O)CC1. The molecule has 0 radical (unpaired) electrons. The molecule has 0 heterocycles. The van der Waals surface area contributed by atoms with Crippen LogP contribution >= 0.6 is 0 Å². The zero-order valence-electron chi connectivity index (χ0n) is 11.2. The average Bonchev–Trinajstić information content (AvgIpc) is 3.15. The molecule has 108 valence electrons. The largest absolute Gasteiger partial charge is 0.481 e. The van der Waals surface area contributed by atoms with Crippen molar-refractivity contribution in [2.75, 3.05) is 12.3 Å². The normalized spacial score (nSPS) is 15.4. The molecule has 1 aromatic rings. The van der Waals surface area contributed by atoms with Gasteiger partial charge in [0.15, 0.2) is 0 Å². The number of nitrogen functional groups attached to an aromatic ring is 1. The van der Waals surface area contributed by atoms with E-state index >= 15 is 0 Å². The zero-order valence-corrected chi connectivity index (χ0v) is 11.2. The van der Waals surface area contributed by atoms with E-state index < -0.39 is 5.97 Å². The molecule has 0 aliphatic heterocycles. The Kier molecular flexibility index (Phi) is 4.12. The van der Waals surface area contributed by atoms with Crippen LogP contribution in [-0.4, -0.2) is 23.7 Å². The number of aliphatic carboxylic acids is 1. The quantitative estimate of drug-likeness (QED) is 0.466. The molecule has 0 unspecified atom stereocenters. The number of hydrogen-bond donors (Lipinski definition) is 4. The van der Waals surface area contributed by atoms with Gasteiger partial charge >= 0.3 is 12.0 Å². The summed E-state index contributed by atoms with van der Waals surface area (Å²) in [5.41, 5.74) is 7.20. The third kappa shape index (κ3) is 3.40. The van der Waals surface area contributed by atoms with Gasteiger partial charge in [-0.05, 0) is 25.3 Å². The number of urea groups is 1. The Morgan fingerprint density at radius 3 is 2.60 bits per heavy atom. The summed E-state index contributed by atoms with van der Waals surface area (Å²) >= 11 is 0. The highest BCUT2D eigenvalue weighted by molar-refractivity contribution is 5.76. The summed E-state index contributed by atoms with van der Waals surface area (Å²) in [5, 5.41) is 14.1. The van der Waals surface area contributed by atoms with E-state index in [1.165, 1.54) is 0 Å². The fourth-order valence-electron chi connectivity index (χ4n) is 2.22. The van der Waals surface area contributed by atoms with E-state index in [1.807, 2.05) is 24.3 Å². The van der Waals surface area contributed by atoms with Gasteiger partial charge in [0.05, 0.1) is 5.54 Å². The van der Waals surface area contributed by atoms with Gasteiger partial charge in [-0.25, -0.2) is 4.79 Å². The van der Waals surface area contributed by atoms with Gasteiger partial charge in [0.1, 0.15) is 0 Å². The first-order valence-corrected chi connectivity index (χ1v) is 6.66. The molecule has 1 fully saturated rings. The maximum atomic E-state index is 11.8. The number of amides is 2. The Bertz CT molecular complexity index is 512. The van der Waals surface area contributed by atoms with Crippen LogP contribution in [0.3, 0.4) is 0 Å². The third-order valence-corrected chi connectivity index (χ3v) is 3.43. The van der Waals surface area contributed by atoms with E-state index in [0.717, 1.165) is 18.4 Å². The number of carboxylic acid groups (broad SMARTS) is 1. The number of anilines is 1. The van der Waals surface area contributed by atoms with Gasteiger partial charge in [0.2, 0.25) is 0 Å². The van der Waals surface area contributed by atoms with Crippen molar-refractivity contribution >= 4 is 17.7 Å². The number of nitrogens with one attached hydrogen (secondary N) is 2. The molecule has 0 bridgehead atoms.